The smallest absolute Gasteiger partial charge is 0.282 e. The van der Waals surface area contributed by atoms with E-state index in [0.29, 0.717) is 22.6 Å². The van der Waals surface area contributed by atoms with Crippen molar-refractivity contribution in [2.45, 2.75) is 26.9 Å². The summed E-state index contributed by atoms with van der Waals surface area (Å²) < 4.78 is 5.71. The average Bonchev–Trinajstić information content (AvgIpc) is 2.98. The van der Waals surface area contributed by atoms with Gasteiger partial charge in [0.15, 0.2) is 0 Å². The normalized spacial score (nSPS) is 13.9. The first kappa shape index (κ1) is 20.4. The SMILES string of the molecule is Cc1cccc(N2C(=O)C(Nc3ccccc3)=C(c3ccc(OC(C)C)cc3)C2=O)c1. The molecule has 0 radical (unpaired) electrons. The summed E-state index contributed by atoms with van der Waals surface area (Å²) in [5.41, 5.74) is 3.52. The van der Waals surface area contributed by atoms with Crippen molar-refractivity contribution in [1.29, 1.82) is 0 Å². The molecule has 3 aromatic rings. The summed E-state index contributed by atoms with van der Waals surface area (Å²) in [5.74, 6) is -0.0206. The maximum Gasteiger partial charge on any atom is 0.282 e. The predicted molar refractivity (Wildman–Crippen MR) is 123 cm³/mol. The Kier molecular flexibility index (Phi) is 5.58. The first-order valence-electron chi connectivity index (χ1n) is 10.2. The van der Waals surface area contributed by atoms with Gasteiger partial charge in [0.25, 0.3) is 11.8 Å². The molecule has 0 saturated heterocycles. The first-order chi connectivity index (χ1) is 14.9. The van der Waals surface area contributed by atoms with Crippen LogP contribution in [-0.4, -0.2) is 17.9 Å². The maximum atomic E-state index is 13.5. The fraction of sp³-hybridized carbons (Fsp3) is 0.154. The van der Waals surface area contributed by atoms with E-state index in [-0.39, 0.29) is 23.6 Å². The van der Waals surface area contributed by atoms with Crippen molar-refractivity contribution in [3.05, 3.63) is 95.7 Å². The molecule has 4 rings (SSSR count). The van der Waals surface area contributed by atoms with Gasteiger partial charge in [-0.2, -0.15) is 0 Å². The number of rotatable bonds is 6. The average molecular weight is 412 g/mol. The first-order valence-corrected chi connectivity index (χ1v) is 10.2. The van der Waals surface area contributed by atoms with Gasteiger partial charge in [-0.25, -0.2) is 4.90 Å². The highest BCUT2D eigenvalue weighted by Gasteiger charge is 2.40. The number of para-hydroxylation sites is 1. The highest BCUT2D eigenvalue weighted by molar-refractivity contribution is 6.46. The lowest BCUT2D eigenvalue weighted by Gasteiger charge is -2.16. The summed E-state index contributed by atoms with van der Waals surface area (Å²) >= 11 is 0. The predicted octanol–water partition coefficient (Wildman–Crippen LogP) is 5.18. The van der Waals surface area contributed by atoms with Crippen LogP contribution in [0.25, 0.3) is 5.57 Å². The van der Waals surface area contributed by atoms with Crippen LogP contribution in [-0.2, 0) is 9.59 Å². The molecule has 1 heterocycles. The zero-order valence-corrected chi connectivity index (χ0v) is 17.8. The largest absolute Gasteiger partial charge is 0.491 e. The van der Waals surface area contributed by atoms with E-state index in [9.17, 15) is 9.59 Å². The number of benzene rings is 3. The molecule has 31 heavy (non-hydrogen) atoms. The Morgan fingerprint density at radius 1 is 0.839 bits per heavy atom. The van der Waals surface area contributed by atoms with Crippen LogP contribution < -0.4 is 15.0 Å². The summed E-state index contributed by atoms with van der Waals surface area (Å²) in [7, 11) is 0. The van der Waals surface area contributed by atoms with Crippen molar-refractivity contribution in [3.63, 3.8) is 0 Å². The Morgan fingerprint density at radius 2 is 1.55 bits per heavy atom. The fourth-order valence-electron chi connectivity index (χ4n) is 3.55. The van der Waals surface area contributed by atoms with Gasteiger partial charge in [-0.05, 0) is 68.3 Å². The topological polar surface area (TPSA) is 58.6 Å². The van der Waals surface area contributed by atoms with Crippen molar-refractivity contribution in [2.75, 3.05) is 10.2 Å². The van der Waals surface area contributed by atoms with Gasteiger partial charge < -0.3 is 10.1 Å². The lowest BCUT2D eigenvalue weighted by molar-refractivity contribution is -0.120. The monoisotopic (exact) mass is 412 g/mol. The number of amides is 2. The van der Waals surface area contributed by atoms with Gasteiger partial charge in [0.05, 0.1) is 17.4 Å². The zero-order valence-electron chi connectivity index (χ0n) is 17.8. The van der Waals surface area contributed by atoms with Crippen LogP contribution in [0.4, 0.5) is 11.4 Å². The van der Waals surface area contributed by atoms with Gasteiger partial charge in [-0.3, -0.25) is 9.59 Å². The number of carbonyl (C=O) groups excluding carboxylic acids is 2. The minimum Gasteiger partial charge on any atom is -0.491 e. The minimum atomic E-state index is -0.378. The van der Waals surface area contributed by atoms with E-state index >= 15 is 0 Å². The molecular weight excluding hydrogens is 388 g/mol. The van der Waals surface area contributed by atoms with E-state index in [4.69, 9.17) is 4.74 Å². The number of nitrogens with zero attached hydrogens (tertiary/aromatic N) is 1. The molecule has 1 aliphatic rings. The molecule has 0 aromatic heterocycles. The second kappa shape index (κ2) is 8.48. The molecule has 0 spiro atoms. The standard InChI is InChI=1S/C26H24N2O3/c1-17(2)31-22-14-12-19(13-15-22)23-24(27-20-9-5-4-6-10-20)26(30)28(25(23)29)21-11-7-8-18(3)16-21/h4-17,27H,1-3H3. The summed E-state index contributed by atoms with van der Waals surface area (Å²) in [6, 6.07) is 24.0. The van der Waals surface area contributed by atoms with E-state index in [0.717, 1.165) is 11.3 Å². The van der Waals surface area contributed by atoms with Crippen molar-refractivity contribution >= 4 is 28.8 Å². The maximum absolute atomic E-state index is 13.5. The van der Waals surface area contributed by atoms with E-state index in [2.05, 4.69) is 5.32 Å². The lowest BCUT2D eigenvalue weighted by atomic mass is 10.0. The molecule has 2 amide bonds. The highest BCUT2D eigenvalue weighted by atomic mass is 16.5. The summed E-state index contributed by atoms with van der Waals surface area (Å²) in [4.78, 5) is 28.1. The van der Waals surface area contributed by atoms with Gasteiger partial charge in [-0.1, -0.05) is 42.5 Å². The molecular formula is C26H24N2O3. The number of anilines is 2. The number of hydrogen-bond acceptors (Lipinski definition) is 4. The van der Waals surface area contributed by atoms with Crippen molar-refractivity contribution in [3.8, 4) is 5.75 Å². The molecule has 0 aliphatic carbocycles. The quantitative estimate of drug-likeness (QED) is 0.567. The summed E-state index contributed by atoms with van der Waals surface area (Å²) in [5, 5.41) is 3.17. The van der Waals surface area contributed by atoms with E-state index in [1.54, 1.807) is 6.07 Å². The molecule has 0 atom stereocenters. The van der Waals surface area contributed by atoms with Crippen LogP contribution in [0.15, 0.2) is 84.6 Å². The Hall–Kier alpha value is -3.86. The molecule has 3 aromatic carbocycles. The molecule has 5 nitrogen and oxygen atoms in total. The van der Waals surface area contributed by atoms with Crippen LogP contribution in [0.5, 0.6) is 5.75 Å². The van der Waals surface area contributed by atoms with Crippen molar-refractivity contribution < 1.29 is 14.3 Å². The lowest BCUT2D eigenvalue weighted by Crippen LogP contribution is -2.32. The van der Waals surface area contributed by atoms with Crippen molar-refractivity contribution in [2.24, 2.45) is 0 Å². The fourth-order valence-corrected chi connectivity index (χ4v) is 3.55. The van der Waals surface area contributed by atoms with Crippen molar-refractivity contribution in [1.82, 2.24) is 0 Å². The van der Waals surface area contributed by atoms with E-state index in [1.165, 1.54) is 4.90 Å². The Balaban J connectivity index is 1.78. The molecule has 0 bridgehead atoms. The van der Waals surface area contributed by atoms with Crippen LogP contribution in [0.3, 0.4) is 0 Å². The Bertz CT molecular complexity index is 1150. The second-order valence-electron chi connectivity index (χ2n) is 7.72. The van der Waals surface area contributed by atoms with Gasteiger partial charge >= 0.3 is 0 Å². The van der Waals surface area contributed by atoms with E-state index in [1.807, 2.05) is 93.6 Å². The minimum absolute atomic E-state index is 0.0480. The van der Waals surface area contributed by atoms with Gasteiger partial charge in [0, 0.05) is 5.69 Å². The van der Waals surface area contributed by atoms with Gasteiger partial charge in [-0.15, -0.1) is 0 Å². The number of ether oxygens (including phenoxy) is 1. The van der Waals surface area contributed by atoms with Crippen LogP contribution in [0.1, 0.15) is 25.0 Å². The van der Waals surface area contributed by atoms with Gasteiger partial charge in [0.2, 0.25) is 0 Å². The van der Waals surface area contributed by atoms with Gasteiger partial charge in [0.1, 0.15) is 11.4 Å². The Labute approximate surface area is 182 Å². The van der Waals surface area contributed by atoms with Crippen LogP contribution in [0.2, 0.25) is 0 Å². The number of aryl methyl sites for hydroxylation is 1. The summed E-state index contributed by atoms with van der Waals surface area (Å²) in [6.45, 7) is 5.84. The van der Waals surface area contributed by atoms with Crippen LogP contribution in [0, 0.1) is 6.92 Å². The number of carbonyl (C=O) groups is 2. The highest BCUT2D eigenvalue weighted by Crippen LogP contribution is 2.34. The number of imide groups is 1. The molecule has 5 heteroatoms. The third-order valence-electron chi connectivity index (χ3n) is 4.90. The zero-order chi connectivity index (χ0) is 22.0. The number of hydrogen-bond donors (Lipinski definition) is 1. The molecule has 1 N–H and O–H groups in total. The number of nitrogens with one attached hydrogen (secondary N) is 1. The van der Waals surface area contributed by atoms with E-state index < -0.39 is 0 Å². The second-order valence-corrected chi connectivity index (χ2v) is 7.72. The Morgan fingerprint density at radius 3 is 2.19 bits per heavy atom. The molecule has 0 fully saturated rings. The third-order valence-corrected chi connectivity index (χ3v) is 4.90. The summed E-state index contributed by atoms with van der Waals surface area (Å²) in [6.07, 6.45) is 0.0480. The third kappa shape index (κ3) is 4.21. The van der Waals surface area contributed by atoms with Crippen LogP contribution >= 0.6 is 0 Å². The molecule has 1 aliphatic heterocycles. The molecule has 0 unspecified atom stereocenters. The molecule has 0 saturated carbocycles. The molecule has 156 valence electrons.